The number of ether oxygens (including phenoxy) is 1. The van der Waals surface area contributed by atoms with Crippen LogP contribution < -0.4 is 4.74 Å². The van der Waals surface area contributed by atoms with E-state index in [2.05, 4.69) is 12.6 Å². The van der Waals surface area contributed by atoms with Crippen LogP contribution in [0.2, 0.25) is 0 Å². The van der Waals surface area contributed by atoms with Crippen molar-refractivity contribution in [3.63, 3.8) is 0 Å². The van der Waals surface area contributed by atoms with E-state index in [4.69, 9.17) is 4.74 Å². The second kappa shape index (κ2) is 4.51. The van der Waals surface area contributed by atoms with Crippen molar-refractivity contribution in [2.75, 3.05) is 12.9 Å². The van der Waals surface area contributed by atoms with Crippen molar-refractivity contribution in [2.24, 2.45) is 0 Å². The molecule has 0 heterocycles. The maximum Gasteiger partial charge on any atom is 0.176 e. The van der Waals surface area contributed by atoms with Gasteiger partial charge in [0.1, 0.15) is 5.75 Å². The van der Waals surface area contributed by atoms with Gasteiger partial charge in [-0.2, -0.15) is 12.6 Å². The molecule has 3 heteroatoms. The van der Waals surface area contributed by atoms with E-state index in [0.717, 1.165) is 11.1 Å². The van der Waals surface area contributed by atoms with E-state index in [1.807, 2.05) is 26.0 Å². The lowest BCUT2D eigenvalue weighted by Gasteiger charge is -2.10. The molecule has 0 fully saturated rings. The molecule has 0 aliphatic heterocycles. The Morgan fingerprint density at radius 2 is 2.07 bits per heavy atom. The highest BCUT2D eigenvalue weighted by Crippen LogP contribution is 2.24. The van der Waals surface area contributed by atoms with Gasteiger partial charge in [0.25, 0.3) is 0 Å². The molecule has 0 spiro atoms. The first-order valence-electron chi connectivity index (χ1n) is 4.39. The van der Waals surface area contributed by atoms with E-state index in [-0.39, 0.29) is 11.5 Å². The van der Waals surface area contributed by atoms with Crippen molar-refractivity contribution < 1.29 is 9.53 Å². The van der Waals surface area contributed by atoms with Gasteiger partial charge in [-0.1, -0.05) is 6.07 Å². The zero-order valence-corrected chi connectivity index (χ0v) is 9.52. The lowest BCUT2D eigenvalue weighted by atomic mass is 10.0. The Bertz CT molecular complexity index is 359. The first-order chi connectivity index (χ1) is 6.60. The molecule has 0 N–H and O–H groups in total. The molecule has 0 bridgehead atoms. The van der Waals surface area contributed by atoms with Crippen LogP contribution in [0, 0.1) is 13.8 Å². The van der Waals surface area contributed by atoms with Crippen LogP contribution in [0.3, 0.4) is 0 Å². The Balaban J connectivity index is 3.32. The number of hydrogen-bond acceptors (Lipinski definition) is 3. The highest BCUT2D eigenvalue weighted by molar-refractivity contribution is 7.81. The minimum absolute atomic E-state index is 0.00248. The van der Waals surface area contributed by atoms with Crippen molar-refractivity contribution in [1.82, 2.24) is 0 Å². The minimum atomic E-state index is 0.00248. The van der Waals surface area contributed by atoms with Crippen LogP contribution in [-0.4, -0.2) is 18.6 Å². The van der Waals surface area contributed by atoms with E-state index in [0.29, 0.717) is 11.3 Å². The van der Waals surface area contributed by atoms with Gasteiger partial charge in [-0.25, -0.2) is 0 Å². The molecule has 1 rings (SSSR count). The Morgan fingerprint density at radius 3 is 2.57 bits per heavy atom. The summed E-state index contributed by atoms with van der Waals surface area (Å²) in [7, 11) is 1.57. The minimum Gasteiger partial charge on any atom is -0.496 e. The summed E-state index contributed by atoms with van der Waals surface area (Å²) < 4.78 is 5.18. The summed E-state index contributed by atoms with van der Waals surface area (Å²) in [5.74, 6) is 0.851. The first kappa shape index (κ1) is 11.1. The quantitative estimate of drug-likeness (QED) is 0.612. The Labute approximate surface area is 89.7 Å². The number of aryl methyl sites for hydroxylation is 2. The summed E-state index contributed by atoms with van der Waals surface area (Å²) in [5.41, 5.74) is 2.68. The van der Waals surface area contributed by atoms with E-state index < -0.39 is 0 Å². The normalized spacial score (nSPS) is 10.0. The molecule has 0 amide bonds. The number of methoxy groups -OCH3 is 1. The van der Waals surface area contributed by atoms with Crippen LogP contribution in [0.5, 0.6) is 5.75 Å². The molecule has 0 radical (unpaired) electrons. The van der Waals surface area contributed by atoms with E-state index in [1.54, 1.807) is 7.11 Å². The van der Waals surface area contributed by atoms with Gasteiger partial charge < -0.3 is 4.74 Å². The van der Waals surface area contributed by atoms with Gasteiger partial charge in [-0.15, -0.1) is 0 Å². The van der Waals surface area contributed by atoms with Gasteiger partial charge in [0.05, 0.1) is 18.4 Å². The van der Waals surface area contributed by atoms with Crippen LogP contribution in [0.1, 0.15) is 21.5 Å². The molecule has 1 aromatic carbocycles. The second-order valence-corrected chi connectivity index (χ2v) is 3.56. The van der Waals surface area contributed by atoms with Crippen LogP contribution in [-0.2, 0) is 0 Å². The molecule has 0 unspecified atom stereocenters. The van der Waals surface area contributed by atoms with Crippen molar-refractivity contribution in [2.45, 2.75) is 13.8 Å². The molecule has 2 nitrogen and oxygen atoms in total. The average molecular weight is 210 g/mol. The maximum absolute atomic E-state index is 11.6. The fraction of sp³-hybridized carbons (Fsp3) is 0.364. The number of Topliss-reactive ketones (excluding diaryl/α,β-unsaturated/α-hetero) is 1. The number of hydrogen-bond donors (Lipinski definition) is 1. The van der Waals surface area contributed by atoms with Gasteiger partial charge in [-0.3, -0.25) is 4.79 Å². The predicted octanol–water partition coefficient (Wildman–Crippen LogP) is 2.42. The fourth-order valence-corrected chi connectivity index (χ4v) is 1.68. The molecule has 0 aliphatic rings. The number of ketones is 1. The Morgan fingerprint density at radius 1 is 1.43 bits per heavy atom. The summed E-state index contributed by atoms with van der Waals surface area (Å²) in [5, 5.41) is 0. The standard InChI is InChI=1S/C11H14O2S/c1-7-4-8(2)11(9(12)6-14)10(5-7)13-3/h4-5,14H,6H2,1-3H3. The number of rotatable bonds is 3. The molecule has 14 heavy (non-hydrogen) atoms. The molecule has 0 aliphatic carbocycles. The lowest BCUT2D eigenvalue weighted by Crippen LogP contribution is -2.06. The molecular formula is C11H14O2S. The van der Waals surface area contributed by atoms with Crippen LogP contribution >= 0.6 is 12.6 Å². The zero-order chi connectivity index (χ0) is 10.7. The fourth-order valence-electron chi connectivity index (χ4n) is 1.53. The van der Waals surface area contributed by atoms with Crippen LogP contribution in [0.15, 0.2) is 12.1 Å². The molecule has 0 saturated carbocycles. The largest absolute Gasteiger partial charge is 0.496 e. The predicted molar refractivity (Wildman–Crippen MR) is 60.7 cm³/mol. The number of carbonyl (C=O) groups is 1. The summed E-state index contributed by atoms with van der Waals surface area (Å²) in [6.45, 7) is 3.89. The maximum atomic E-state index is 11.6. The highest BCUT2D eigenvalue weighted by atomic mass is 32.1. The summed E-state index contributed by atoms with van der Waals surface area (Å²) in [6, 6.07) is 3.84. The van der Waals surface area contributed by atoms with Gasteiger partial charge >= 0.3 is 0 Å². The van der Waals surface area contributed by atoms with Crippen molar-refractivity contribution in [1.29, 1.82) is 0 Å². The molecule has 76 valence electrons. The summed E-state index contributed by atoms with van der Waals surface area (Å²) >= 11 is 3.98. The van der Waals surface area contributed by atoms with E-state index in [9.17, 15) is 4.79 Å². The molecule has 1 aromatic rings. The van der Waals surface area contributed by atoms with Gasteiger partial charge in [0.2, 0.25) is 0 Å². The lowest BCUT2D eigenvalue weighted by molar-refractivity contribution is 0.101. The third kappa shape index (κ3) is 2.10. The molecule has 0 atom stereocenters. The van der Waals surface area contributed by atoms with Crippen LogP contribution in [0.4, 0.5) is 0 Å². The molecular weight excluding hydrogens is 196 g/mol. The van der Waals surface area contributed by atoms with Gasteiger partial charge in [0.15, 0.2) is 5.78 Å². The molecule has 0 saturated heterocycles. The molecule has 0 aromatic heterocycles. The number of carbonyl (C=O) groups excluding carboxylic acids is 1. The van der Waals surface area contributed by atoms with Gasteiger partial charge in [-0.05, 0) is 31.0 Å². The average Bonchev–Trinajstić information content (AvgIpc) is 2.15. The third-order valence-electron chi connectivity index (χ3n) is 2.09. The SMILES string of the molecule is COc1cc(C)cc(C)c1C(=O)CS. The Hall–Kier alpha value is -0.960. The Kier molecular flexibility index (Phi) is 3.58. The van der Waals surface area contributed by atoms with Crippen molar-refractivity contribution in [3.05, 3.63) is 28.8 Å². The van der Waals surface area contributed by atoms with Crippen molar-refractivity contribution >= 4 is 18.4 Å². The topological polar surface area (TPSA) is 26.3 Å². The first-order valence-corrected chi connectivity index (χ1v) is 5.02. The number of benzene rings is 1. The highest BCUT2D eigenvalue weighted by Gasteiger charge is 2.13. The summed E-state index contributed by atoms with van der Waals surface area (Å²) in [4.78, 5) is 11.6. The monoisotopic (exact) mass is 210 g/mol. The third-order valence-corrected chi connectivity index (χ3v) is 2.37. The summed E-state index contributed by atoms with van der Waals surface area (Å²) in [6.07, 6.45) is 0. The van der Waals surface area contributed by atoms with Crippen molar-refractivity contribution in [3.8, 4) is 5.75 Å². The van der Waals surface area contributed by atoms with Crippen LogP contribution in [0.25, 0.3) is 0 Å². The smallest absolute Gasteiger partial charge is 0.176 e. The number of thiol groups is 1. The van der Waals surface area contributed by atoms with E-state index in [1.165, 1.54) is 0 Å². The van der Waals surface area contributed by atoms with Gasteiger partial charge in [0, 0.05) is 0 Å². The van der Waals surface area contributed by atoms with E-state index >= 15 is 0 Å². The zero-order valence-electron chi connectivity index (χ0n) is 8.63. The second-order valence-electron chi connectivity index (χ2n) is 3.24.